The molecule has 0 bridgehead atoms. The normalized spacial score (nSPS) is 14.5. The number of ether oxygens (including phenoxy) is 1. The average molecular weight is 232 g/mol. The Morgan fingerprint density at radius 1 is 1.18 bits per heavy atom. The molecule has 3 nitrogen and oxygen atoms in total. The quantitative estimate of drug-likeness (QED) is 0.861. The van der Waals surface area contributed by atoms with Gasteiger partial charge in [0.15, 0.2) is 0 Å². The molecule has 90 valence electrons. The van der Waals surface area contributed by atoms with E-state index in [4.69, 9.17) is 9.15 Å². The van der Waals surface area contributed by atoms with Crippen molar-refractivity contribution in [2.45, 2.75) is 19.1 Å². The molecule has 2 rings (SSSR count). The molecule has 0 fully saturated rings. The lowest BCUT2D eigenvalue weighted by atomic mass is 9.97. The minimum Gasteiger partial charge on any atom is -0.467 e. The fourth-order valence-electron chi connectivity index (χ4n) is 1.63. The highest BCUT2D eigenvalue weighted by Gasteiger charge is 2.22. The Bertz CT molecular complexity index is 432. The van der Waals surface area contributed by atoms with Crippen LogP contribution < -0.4 is 0 Å². The van der Waals surface area contributed by atoms with Crippen molar-refractivity contribution in [2.75, 3.05) is 6.61 Å². The van der Waals surface area contributed by atoms with E-state index in [0.717, 1.165) is 11.3 Å². The van der Waals surface area contributed by atoms with Gasteiger partial charge in [0, 0.05) is 0 Å². The molecule has 0 aliphatic carbocycles. The molecule has 1 heterocycles. The molecule has 0 spiro atoms. The van der Waals surface area contributed by atoms with Gasteiger partial charge >= 0.3 is 0 Å². The van der Waals surface area contributed by atoms with Crippen molar-refractivity contribution in [3.05, 3.63) is 60.1 Å². The highest BCUT2D eigenvalue weighted by Crippen LogP contribution is 2.20. The van der Waals surface area contributed by atoms with E-state index >= 15 is 0 Å². The second kappa shape index (κ2) is 5.17. The molecule has 1 atom stereocenters. The monoisotopic (exact) mass is 232 g/mol. The van der Waals surface area contributed by atoms with Crippen molar-refractivity contribution < 1.29 is 14.3 Å². The van der Waals surface area contributed by atoms with Gasteiger partial charge in [-0.25, -0.2) is 0 Å². The predicted molar refractivity (Wildman–Crippen MR) is 64.4 cm³/mol. The van der Waals surface area contributed by atoms with E-state index in [9.17, 15) is 5.11 Å². The Kier molecular flexibility index (Phi) is 3.61. The highest BCUT2D eigenvalue weighted by atomic mass is 16.5. The van der Waals surface area contributed by atoms with Gasteiger partial charge in [-0.15, -0.1) is 0 Å². The van der Waals surface area contributed by atoms with Crippen LogP contribution in [0.25, 0.3) is 0 Å². The summed E-state index contributed by atoms with van der Waals surface area (Å²) < 4.78 is 10.6. The molecular weight excluding hydrogens is 216 g/mol. The van der Waals surface area contributed by atoms with Crippen LogP contribution in [0.3, 0.4) is 0 Å². The third-order valence-electron chi connectivity index (χ3n) is 2.60. The first kappa shape index (κ1) is 11.9. The zero-order valence-corrected chi connectivity index (χ0v) is 9.80. The third kappa shape index (κ3) is 3.19. The summed E-state index contributed by atoms with van der Waals surface area (Å²) in [6.45, 7) is 2.35. The molecule has 3 heteroatoms. The van der Waals surface area contributed by atoms with Gasteiger partial charge in [0.2, 0.25) is 0 Å². The van der Waals surface area contributed by atoms with Crippen LogP contribution in [0.5, 0.6) is 0 Å². The summed E-state index contributed by atoms with van der Waals surface area (Å²) in [6, 6.07) is 13.1. The van der Waals surface area contributed by atoms with Crippen molar-refractivity contribution in [1.29, 1.82) is 0 Å². The van der Waals surface area contributed by atoms with Crippen LogP contribution in [0.1, 0.15) is 18.2 Å². The standard InChI is InChI=1S/C14H16O3/c1-14(15,12-6-3-2-4-7-12)11-16-10-13-8-5-9-17-13/h2-9,15H,10-11H2,1H3. The first-order valence-corrected chi connectivity index (χ1v) is 5.56. The highest BCUT2D eigenvalue weighted by molar-refractivity contribution is 5.21. The maximum Gasteiger partial charge on any atom is 0.129 e. The fraction of sp³-hybridized carbons (Fsp3) is 0.286. The van der Waals surface area contributed by atoms with Crippen LogP contribution >= 0.6 is 0 Å². The van der Waals surface area contributed by atoms with Crippen LogP contribution in [0.4, 0.5) is 0 Å². The maximum absolute atomic E-state index is 10.3. The lowest BCUT2D eigenvalue weighted by Gasteiger charge is -2.23. The topological polar surface area (TPSA) is 42.6 Å². The van der Waals surface area contributed by atoms with Gasteiger partial charge < -0.3 is 14.3 Å². The Morgan fingerprint density at radius 3 is 2.59 bits per heavy atom. The van der Waals surface area contributed by atoms with Gasteiger partial charge in [0.1, 0.15) is 18.0 Å². The first-order chi connectivity index (χ1) is 8.18. The summed E-state index contributed by atoms with van der Waals surface area (Å²) in [4.78, 5) is 0. The molecule has 0 saturated carbocycles. The average Bonchev–Trinajstić information content (AvgIpc) is 2.83. The molecule has 0 aliphatic heterocycles. The molecule has 2 aromatic rings. The Hall–Kier alpha value is -1.58. The van der Waals surface area contributed by atoms with Gasteiger partial charge in [0.05, 0.1) is 12.9 Å². The molecule has 0 saturated heterocycles. The van der Waals surface area contributed by atoms with Crippen molar-refractivity contribution in [3.63, 3.8) is 0 Å². The maximum atomic E-state index is 10.3. The summed E-state index contributed by atoms with van der Waals surface area (Å²) in [5.74, 6) is 0.758. The summed E-state index contributed by atoms with van der Waals surface area (Å²) in [5.41, 5.74) is -0.132. The summed E-state index contributed by atoms with van der Waals surface area (Å²) in [7, 11) is 0. The SMILES string of the molecule is CC(O)(COCc1ccco1)c1ccccc1. The van der Waals surface area contributed by atoms with E-state index in [0.29, 0.717) is 6.61 Å². The molecule has 17 heavy (non-hydrogen) atoms. The summed E-state index contributed by atoms with van der Waals surface area (Å²) >= 11 is 0. The molecular formula is C14H16O3. The van der Waals surface area contributed by atoms with Crippen LogP contribution in [-0.4, -0.2) is 11.7 Å². The number of aliphatic hydroxyl groups is 1. The first-order valence-electron chi connectivity index (χ1n) is 5.56. The lowest BCUT2D eigenvalue weighted by Crippen LogP contribution is -2.27. The zero-order valence-electron chi connectivity index (χ0n) is 9.80. The molecule has 1 aromatic heterocycles. The minimum absolute atomic E-state index is 0.234. The second-order valence-electron chi connectivity index (χ2n) is 4.21. The minimum atomic E-state index is -0.978. The van der Waals surface area contributed by atoms with Crippen LogP contribution in [0.2, 0.25) is 0 Å². The van der Waals surface area contributed by atoms with Crippen molar-refractivity contribution >= 4 is 0 Å². The number of furan rings is 1. The largest absolute Gasteiger partial charge is 0.467 e. The lowest BCUT2D eigenvalue weighted by molar-refractivity contribution is -0.0468. The molecule has 1 unspecified atom stereocenters. The van der Waals surface area contributed by atoms with Crippen LogP contribution in [-0.2, 0) is 16.9 Å². The fourth-order valence-corrected chi connectivity index (χ4v) is 1.63. The van der Waals surface area contributed by atoms with Crippen LogP contribution in [0.15, 0.2) is 53.1 Å². The van der Waals surface area contributed by atoms with Gasteiger partial charge in [-0.3, -0.25) is 0 Å². The third-order valence-corrected chi connectivity index (χ3v) is 2.60. The molecule has 0 radical (unpaired) electrons. The second-order valence-corrected chi connectivity index (χ2v) is 4.21. The predicted octanol–water partition coefficient (Wildman–Crippen LogP) is 2.70. The van der Waals surface area contributed by atoms with Gasteiger partial charge in [-0.05, 0) is 24.6 Å². The molecule has 1 N–H and O–H groups in total. The van der Waals surface area contributed by atoms with E-state index in [1.54, 1.807) is 13.2 Å². The van der Waals surface area contributed by atoms with Gasteiger partial charge in [-0.1, -0.05) is 30.3 Å². The number of benzene rings is 1. The molecule has 0 amide bonds. The number of rotatable bonds is 5. The smallest absolute Gasteiger partial charge is 0.129 e. The van der Waals surface area contributed by atoms with Gasteiger partial charge in [0.25, 0.3) is 0 Å². The van der Waals surface area contributed by atoms with Crippen molar-refractivity contribution in [2.24, 2.45) is 0 Å². The Morgan fingerprint density at radius 2 is 1.94 bits per heavy atom. The Labute approximate surface area is 101 Å². The summed E-state index contributed by atoms with van der Waals surface area (Å²) in [6.07, 6.45) is 1.61. The summed E-state index contributed by atoms with van der Waals surface area (Å²) in [5, 5.41) is 10.3. The molecule has 0 aliphatic rings. The van der Waals surface area contributed by atoms with Crippen LogP contribution in [0, 0.1) is 0 Å². The van der Waals surface area contributed by atoms with Gasteiger partial charge in [-0.2, -0.15) is 0 Å². The van der Waals surface area contributed by atoms with Crippen molar-refractivity contribution in [3.8, 4) is 0 Å². The number of hydrogen-bond acceptors (Lipinski definition) is 3. The Balaban J connectivity index is 1.90. The zero-order chi connectivity index (χ0) is 12.1. The van der Waals surface area contributed by atoms with Crippen molar-refractivity contribution in [1.82, 2.24) is 0 Å². The number of hydrogen-bond donors (Lipinski definition) is 1. The van der Waals surface area contributed by atoms with E-state index in [2.05, 4.69) is 0 Å². The molecule has 1 aromatic carbocycles. The van der Waals surface area contributed by atoms with E-state index in [-0.39, 0.29) is 6.61 Å². The van der Waals surface area contributed by atoms with E-state index in [1.807, 2.05) is 42.5 Å². The van der Waals surface area contributed by atoms with E-state index < -0.39 is 5.60 Å². The van der Waals surface area contributed by atoms with E-state index in [1.165, 1.54) is 0 Å².